The fourth-order valence-electron chi connectivity index (χ4n) is 1.72. The molecular formula is C15H21ClO3. The number of halogens is 1. The highest BCUT2D eigenvalue weighted by atomic mass is 35.5. The summed E-state index contributed by atoms with van der Waals surface area (Å²) in [5, 5.41) is 0.515. The average molecular weight is 285 g/mol. The molecule has 0 bridgehead atoms. The molecule has 0 saturated heterocycles. The number of benzene rings is 1. The zero-order chi connectivity index (χ0) is 14.6. The average Bonchev–Trinajstić information content (AvgIpc) is 2.34. The van der Waals surface area contributed by atoms with Crippen LogP contribution >= 0.6 is 11.6 Å². The molecule has 0 spiro atoms. The summed E-state index contributed by atoms with van der Waals surface area (Å²) in [5.74, 6) is 0.744. The van der Waals surface area contributed by atoms with Gasteiger partial charge in [0.1, 0.15) is 11.3 Å². The first-order valence-electron chi connectivity index (χ1n) is 6.41. The summed E-state index contributed by atoms with van der Waals surface area (Å²) in [5.41, 5.74) is 1.31. The van der Waals surface area contributed by atoms with Gasteiger partial charge in [-0.1, -0.05) is 39.3 Å². The van der Waals surface area contributed by atoms with E-state index < -0.39 is 5.97 Å². The lowest BCUT2D eigenvalue weighted by Gasteiger charge is -2.18. The zero-order valence-corrected chi connectivity index (χ0v) is 12.9. The van der Waals surface area contributed by atoms with Gasteiger partial charge in [-0.25, -0.2) is 4.79 Å². The second kappa shape index (κ2) is 6.80. The Labute approximate surface area is 119 Å². The first kappa shape index (κ1) is 15.8. The van der Waals surface area contributed by atoms with Crippen LogP contribution in [0.3, 0.4) is 0 Å². The predicted octanol–water partition coefficient (Wildman–Crippen LogP) is 4.28. The number of ether oxygens (including phenoxy) is 2. The van der Waals surface area contributed by atoms with E-state index in [1.165, 1.54) is 7.11 Å². The molecular weight excluding hydrogens is 264 g/mol. The second-order valence-corrected chi connectivity index (χ2v) is 5.66. The summed E-state index contributed by atoms with van der Waals surface area (Å²) in [6.45, 7) is 8.74. The lowest BCUT2D eigenvalue weighted by Crippen LogP contribution is -2.12. The number of methoxy groups -OCH3 is 1. The van der Waals surface area contributed by atoms with Crippen LogP contribution in [0.2, 0.25) is 5.02 Å². The normalized spacial score (nSPS) is 10.9. The molecule has 0 aliphatic heterocycles. The van der Waals surface area contributed by atoms with Crippen LogP contribution in [0.1, 0.15) is 49.5 Å². The molecule has 19 heavy (non-hydrogen) atoms. The number of hydrogen-bond donors (Lipinski definition) is 0. The smallest absolute Gasteiger partial charge is 0.341 e. The third kappa shape index (κ3) is 4.13. The summed E-state index contributed by atoms with van der Waals surface area (Å²) in [6, 6.07) is 3.43. The molecule has 4 heteroatoms. The maximum atomic E-state index is 11.8. The van der Waals surface area contributed by atoms with Gasteiger partial charge in [-0.15, -0.1) is 0 Å². The van der Waals surface area contributed by atoms with Crippen molar-refractivity contribution in [3.05, 3.63) is 28.3 Å². The molecule has 0 fully saturated rings. The molecule has 0 atom stereocenters. The standard InChI is InChI=1S/C15H21ClO3/c1-9(2)8-19-14-12(10(3)4)6-11(16)7-13(14)15(17)18-5/h6-7,9-10H,8H2,1-5H3. The van der Waals surface area contributed by atoms with Crippen molar-refractivity contribution in [1.29, 1.82) is 0 Å². The maximum Gasteiger partial charge on any atom is 0.341 e. The highest BCUT2D eigenvalue weighted by Gasteiger charge is 2.20. The minimum atomic E-state index is -0.428. The molecule has 0 amide bonds. The molecule has 1 aromatic rings. The van der Waals surface area contributed by atoms with Crippen LogP contribution in [-0.4, -0.2) is 19.7 Å². The van der Waals surface area contributed by atoms with Crippen LogP contribution in [0.5, 0.6) is 5.75 Å². The van der Waals surface area contributed by atoms with Crippen LogP contribution in [0.4, 0.5) is 0 Å². The molecule has 0 aromatic heterocycles. The van der Waals surface area contributed by atoms with Gasteiger partial charge in [0.15, 0.2) is 0 Å². The third-order valence-corrected chi connectivity index (χ3v) is 2.89. The van der Waals surface area contributed by atoms with E-state index >= 15 is 0 Å². The maximum absolute atomic E-state index is 11.8. The van der Waals surface area contributed by atoms with Crippen LogP contribution < -0.4 is 4.74 Å². The number of carbonyl (C=O) groups is 1. The molecule has 0 heterocycles. The monoisotopic (exact) mass is 284 g/mol. The minimum Gasteiger partial charge on any atom is -0.492 e. The van der Waals surface area contributed by atoms with E-state index in [2.05, 4.69) is 13.8 Å². The van der Waals surface area contributed by atoms with Crippen molar-refractivity contribution < 1.29 is 14.3 Å². The first-order chi connectivity index (χ1) is 8.86. The Kier molecular flexibility index (Phi) is 5.67. The van der Waals surface area contributed by atoms with Gasteiger partial charge in [0, 0.05) is 5.02 Å². The van der Waals surface area contributed by atoms with Crippen molar-refractivity contribution in [1.82, 2.24) is 0 Å². The minimum absolute atomic E-state index is 0.212. The van der Waals surface area contributed by atoms with Gasteiger partial charge in [-0.05, 0) is 29.5 Å². The molecule has 0 aliphatic rings. The number of rotatable bonds is 5. The lowest BCUT2D eigenvalue weighted by molar-refractivity contribution is 0.0595. The first-order valence-corrected chi connectivity index (χ1v) is 6.79. The Hall–Kier alpha value is -1.22. The van der Waals surface area contributed by atoms with Crippen LogP contribution in [0, 0.1) is 5.92 Å². The fraction of sp³-hybridized carbons (Fsp3) is 0.533. The van der Waals surface area contributed by atoms with E-state index in [1.54, 1.807) is 6.07 Å². The van der Waals surface area contributed by atoms with Gasteiger partial charge in [-0.3, -0.25) is 0 Å². The predicted molar refractivity (Wildman–Crippen MR) is 77.2 cm³/mol. The van der Waals surface area contributed by atoms with Crippen molar-refractivity contribution in [3.8, 4) is 5.75 Å². The molecule has 1 rings (SSSR count). The van der Waals surface area contributed by atoms with Gasteiger partial charge in [0.05, 0.1) is 13.7 Å². The van der Waals surface area contributed by atoms with Gasteiger partial charge in [-0.2, -0.15) is 0 Å². The van der Waals surface area contributed by atoms with Crippen molar-refractivity contribution in [2.24, 2.45) is 5.92 Å². The molecule has 0 radical (unpaired) electrons. The van der Waals surface area contributed by atoms with Crippen molar-refractivity contribution in [3.63, 3.8) is 0 Å². The van der Waals surface area contributed by atoms with E-state index in [9.17, 15) is 4.79 Å². The highest BCUT2D eigenvalue weighted by molar-refractivity contribution is 6.31. The van der Waals surface area contributed by atoms with Gasteiger partial charge >= 0.3 is 5.97 Å². The summed E-state index contributed by atoms with van der Waals surface area (Å²) < 4.78 is 10.6. The molecule has 0 N–H and O–H groups in total. The number of carbonyl (C=O) groups excluding carboxylic acids is 1. The topological polar surface area (TPSA) is 35.5 Å². The quantitative estimate of drug-likeness (QED) is 0.757. The van der Waals surface area contributed by atoms with Gasteiger partial charge in [0.2, 0.25) is 0 Å². The second-order valence-electron chi connectivity index (χ2n) is 5.22. The lowest BCUT2D eigenvalue weighted by atomic mass is 9.99. The number of hydrogen-bond acceptors (Lipinski definition) is 3. The molecule has 1 aromatic carbocycles. The summed E-state index contributed by atoms with van der Waals surface area (Å²) in [7, 11) is 1.35. The molecule has 0 saturated carbocycles. The van der Waals surface area contributed by atoms with Crippen LogP contribution in [-0.2, 0) is 4.74 Å². The Morgan fingerprint density at radius 2 is 1.89 bits per heavy atom. The largest absolute Gasteiger partial charge is 0.492 e. The van der Waals surface area contributed by atoms with E-state index in [0.29, 0.717) is 28.9 Å². The third-order valence-electron chi connectivity index (χ3n) is 2.67. The van der Waals surface area contributed by atoms with Gasteiger partial charge < -0.3 is 9.47 Å². The van der Waals surface area contributed by atoms with E-state index in [-0.39, 0.29) is 5.92 Å². The Morgan fingerprint density at radius 1 is 1.26 bits per heavy atom. The zero-order valence-electron chi connectivity index (χ0n) is 12.1. The molecule has 3 nitrogen and oxygen atoms in total. The van der Waals surface area contributed by atoms with Crippen LogP contribution in [0.15, 0.2) is 12.1 Å². The van der Waals surface area contributed by atoms with Crippen molar-refractivity contribution in [2.45, 2.75) is 33.6 Å². The van der Waals surface area contributed by atoms with Crippen molar-refractivity contribution >= 4 is 17.6 Å². The fourth-order valence-corrected chi connectivity index (χ4v) is 1.94. The molecule has 0 unspecified atom stereocenters. The van der Waals surface area contributed by atoms with E-state index in [1.807, 2.05) is 19.9 Å². The van der Waals surface area contributed by atoms with E-state index in [4.69, 9.17) is 21.1 Å². The Bertz CT molecular complexity index is 453. The highest BCUT2D eigenvalue weighted by Crippen LogP contribution is 2.34. The Balaban J connectivity index is 3.29. The van der Waals surface area contributed by atoms with Crippen LogP contribution in [0.25, 0.3) is 0 Å². The molecule has 0 aliphatic carbocycles. The Morgan fingerprint density at radius 3 is 2.37 bits per heavy atom. The summed E-state index contributed by atoms with van der Waals surface area (Å²) >= 11 is 6.07. The van der Waals surface area contributed by atoms with E-state index in [0.717, 1.165) is 5.56 Å². The SMILES string of the molecule is COC(=O)c1cc(Cl)cc(C(C)C)c1OCC(C)C. The summed E-state index contributed by atoms with van der Waals surface area (Å²) in [6.07, 6.45) is 0. The number of esters is 1. The van der Waals surface area contributed by atoms with Crippen molar-refractivity contribution in [2.75, 3.05) is 13.7 Å². The molecule has 106 valence electrons. The summed E-state index contributed by atoms with van der Waals surface area (Å²) in [4.78, 5) is 11.8. The van der Waals surface area contributed by atoms with Gasteiger partial charge in [0.25, 0.3) is 0 Å².